The van der Waals surface area contributed by atoms with E-state index in [1.54, 1.807) is 32.4 Å². The van der Waals surface area contributed by atoms with Crippen molar-refractivity contribution < 1.29 is 19.0 Å². The highest BCUT2D eigenvalue weighted by atomic mass is 35.5. The van der Waals surface area contributed by atoms with Crippen molar-refractivity contribution in [2.75, 3.05) is 20.8 Å². The highest BCUT2D eigenvalue weighted by Gasteiger charge is 2.22. The average molecular weight is 374 g/mol. The second-order valence-corrected chi connectivity index (χ2v) is 6.26. The first-order valence-corrected chi connectivity index (χ1v) is 8.61. The molecule has 0 fully saturated rings. The van der Waals surface area contributed by atoms with Gasteiger partial charge in [-0.3, -0.25) is 4.79 Å². The molecule has 1 aliphatic rings. The Morgan fingerprint density at radius 3 is 2.85 bits per heavy atom. The van der Waals surface area contributed by atoms with Gasteiger partial charge in [-0.15, -0.1) is 0 Å². The summed E-state index contributed by atoms with van der Waals surface area (Å²) < 4.78 is 16.1. The molecule has 1 heterocycles. The molecule has 26 heavy (non-hydrogen) atoms. The maximum Gasteiger partial charge on any atom is 0.244 e. The molecule has 0 spiro atoms. The summed E-state index contributed by atoms with van der Waals surface area (Å²) >= 11 is 6.07. The van der Waals surface area contributed by atoms with Gasteiger partial charge in [0, 0.05) is 34.7 Å². The second-order valence-electron chi connectivity index (χ2n) is 5.82. The fourth-order valence-electron chi connectivity index (χ4n) is 2.86. The third-order valence-electron chi connectivity index (χ3n) is 4.18. The Hall–Kier alpha value is -2.66. The maximum absolute atomic E-state index is 12.4. The minimum atomic E-state index is -0.194. The van der Waals surface area contributed by atoms with Crippen LogP contribution >= 0.6 is 11.6 Å². The van der Waals surface area contributed by atoms with Gasteiger partial charge in [0.2, 0.25) is 5.91 Å². The van der Waals surface area contributed by atoms with Gasteiger partial charge in [-0.05, 0) is 36.4 Å². The Kier molecular flexibility index (Phi) is 5.68. The zero-order valence-corrected chi connectivity index (χ0v) is 15.4. The number of carbonyl (C=O) groups excluding carboxylic acids is 1. The average Bonchev–Trinajstić information content (AvgIpc) is 2.66. The molecule has 2 aromatic rings. The molecule has 1 aliphatic heterocycles. The zero-order valence-electron chi connectivity index (χ0n) is 14.6. The lowest BCUT2D eigenvalue weighted by Gasteiger charge is -2.26. The molecule has 0 aromatic heterocycles. The number of halogens is 1. The first-order valence-electron chi connectivity index (χ1n) is 8.23. The molecular weight excluding hydrogens is 354 g/mol. The van der Waals surface area contributed by atoms with Gasteiger partial charge < -0.3 is 19.5 Å². The number of amides is 1. The van der Waals surface area contributed by atoms with Crippen LogP contribution in [0.3, 0.4) is 0 Å². The van der Waals surface area contributed by atoms with E-state index in [0.29, 0.717) is 29.5 Å². The molecule has 1 unspecified atom stereocenters. The lowest BCUT2D eigenvalue weighted by molar-refractivity contribution is -0.117. The van der Waals surface area contributed by atoms with Crippen LogP contribution in [0, 0.1) is 0 Å². The standard InChI is InChI=1S/C20H20ClNO4/c1-24-15-6-3-13(19(12-15)25-2)4-8-20(23)22-17-9-10-26-18-7-5-14(21)11-16(17)18/h3-8,11-12,17H,9-10H2,1-2H3,(H,22,23)/b8-4+. The topological polar surface area (TPSA) is 56.8 Å². The summed E-state index contributed by atoms with van der Waals surface area (Å²) in [6.45, 7) is 0.551. The third kappa shape index (κ3) is 4.11. The van der Waals surface area contributed by atoms with Crippen LogP contribution in [0.5, 0.6) is 17.2 Å². The summed E-state index contributed by atoms with van der Waals surface area (Å²) in [5.74, 6) is 1.89. The van der Waals surface area contributed by atoms with Gasteiger partial charge in [-0.25, -0.2) is 0 Å². The Bertz CT molecular complexity index is 835. The summed E-state index contributed by atoms with van der Waals surface area (Å²) in [6, 6.07) is 10.7. The third-order valence-corrected chi connectivity index (χ3v) is 4.42. The predicted molar refractivity (Wildman–Crippen MR) is 101 cm³/mol. The van der Waals surface area contributed by atoms with E-state index >= 15 is 0 Å². The first-order chi connectivity index (χ1) is 12.6. The number of fused-ring (bicyclic) bond motifs is 1. The number of hydrogen-bond donors (Lipinski definition) is 1. The quantitative estimate of drug-likeness (QED) is 0.804. The molecule has 3 rings (SSSR count). The van der Waals surface area contributed by atoms with Crippen molar-refractivity contribution in [2.45, 2.75) is 12.5 Å². The molecule has 136 valence electrons. The number of ether oxygens (including phenoxy) is 3. The van der Waals surface area contributed by atoms with Crippen LogP contribution < -0.4 is 19.5 Å². The van der Waals surface area contributed by atoms with Crippen LogP contribution in [0.2, 0.25) is 5.02 Å². The number of rotatable bonds is 5. The number of benzene rings is 2. The zero-order chi connectivity index (χ0) is 18.5. The van der Waals surface area contributed by atoms with E-state index in [4.69, 9.17) is 25.8 Å². The van der Waals surface area contributed by atoms with Crippen LogP contribution in [-0.2, 0) is 4.79 Å². The SMILES string of the molecule is COc1ccc(/C=C/C(=O)NC2CCOc3ccc(Cl)cc32)c(OC)c1. The highest BCUT2D eigenvalue weighted by molar-refractivity contribution is 6.30. The van der Waals surface area contributed by atoms with Crippen LogP contribution in [0.4, 0.5) is 0 Å². The van der Waals surface area contributed by atoms with Gasteiger partial charge in [-0.2, -0.15) is 0 Å². The molecule has 2 aromatic carbocycles. The number of carbonyl (C=O) groups is 1. The summed E-state index contributed by atoms with van der Waals surface area (Å²) in [7, 11) is 3.17. The molecule has 0 aliphatic carbocycles. The molecule has 5 nitrogen and oxygen atoms in total. The van der Waals surface area contributed by atoms with Crippen molar-refractivity contribution in [3.05, 3.63) is 58.6 Å². The lowest BCUT2D eigenvalue weighted by atomic mass is 10.0. The van der Waals surface area contributed by atoms with Gasteiger partial charge >= 0.3 is 0 Å². The van der Waals surface area contributed by atoms with Gasteiger partial charge in [0.1, 0.15) is 17.2 Å². The minimum Gasteiger partial charge on any atom is -0.497 e. The lowest BCUT2D eigenvalue weighted by Crippen LogP contribution is -2.30. The predicted octanol–water partition coefficient (Wildman–Crippen LogP) is 4.01. The molecule has 1 atom stereocenters. The van der Waals surface area contributed by atoms with E-state index in [0.717, 1.165) is 16.9 Å². The van der Waals surface area contributed by atoms with Crippen LogP contribution in [-0.4, -0.2) is 26.7 Å². The molecule has 6 heteroatoms. The normalized spacial score (nSPS) is 15.9. The molecule has 1 N–H and O–H groups in total. The minimum absolute atomic E-state index is 0.132. The summed E-state index contributed by atoms with van der Waals surface area (Å²) in [6.07, 6.45) is 3.90. The van der Waals surface area contributed by atoms with Crippen molar-refractivity contribution in [3.8, 4) is 17.2 Å². The van der Waals surface area contributed by atoms with Crippen molar-refractivity contribution in [1.29, 1.82) is 0 Å². The van der Waals surface area contributed by atoms with Crippen molar-refractivity contribution in [1.82, 2.24) is 5.32 Å². The van der Waals surface area contributed by atoms with Crippen LogP contribution in [0.25, 0.3) is 6.08 Å². The largest absolute Gasteiger partial charge is 0.497 e. The summed E-state index contributed by atoms with van der Waals surface area (Å²) in [5, 5.41) is 3.62. The van der Waals surface area contributed by atoms with Gasteiger partial charge in [0.15, 0.2) is 0 Å². The fourth-order valence-corrected chi connectivity index (χ4v) is 3.04. The van der Waals surface area contributed by atoms with E-state index in [1.807, 2.05) is 24.3 Å². The Balaban J connectivity index is 1.72. The Morgan fingerprint density at radius 1 is 1.23 bits per heavy atom. The van der Waals surface area contributed by atoms with E-state index in [1.165, 1.54) is 6.08 Å². The van der Waals surface area contributed by atoms with Crippen molar-refractivity contribution in [3.63, 3.8) is 0 Å². The van der Waals surface area contributed by atoms with E-state index in [2.05, 4.69) is 5.32 Å². The fraction of sp³-hybridized carbons (Fsp3) is 0.250. The first kappa shape index (κ1) is 18.1. The number of hydrogen-bond acceptors (Lipinski definition) is 4. The monoisotopic (exact) mass is 373 g/mol. The molecule has 0 saturated heterocycles. The number of nitrogens with one attached hydrogen (secondary N) is 1. The molecular formula is C20H20ClNO4. The van der Waals surface area contributed by atoms with E-state index < -0.39 is 0 Å². The summed E-state index contributed by atoms with van der Waals surface area (Å²) in [5.41, 5.74) is 1.69. The molecule has 0 bridgehead atoms. The van der Waals surface area contributed by atoms with Crippen molar-refractivity contribution >= 4 is 23.6 Å². The van der Waals surface area contributed by atoms with Crippen LogP contribution in [0.1, 0.15) is 23.6 Å². The van der Waals surface area contributed by atoms with Gasteiger partial charge in [0.05, 0.1) is 26.9 Å². The molecule has 1 amide bonds. The maximum atomic E-state index is 12.4. The highest BCUT2D eigenvalue weighted by Crippen LogP contribution is 2.34. The van der Waals surface area contributed by atoms with Gasteiger partial charge in [0.25, 0.3) is 0 Å². The Labute approximate surface area is 157 Å². The van der Waals surface area contributed by atoms with Gasteiger partial charge in [-0.1, -0.05) is 11.6 Å². The van der Waals surface area contributed by atoms with Crippen molar-refractivity contribution in [2.24, 2.45) is 0 Å². The number of methoxy groups -OCH3 is 2. The van der Waals surface area contributed by atoms with Crippen LogP contribution in [0.15, 0.2) is 42.5 Å². The summed E-state index contributed by atoms with van der Waals surface area (Å²) in [4.78, 5) is 12.4. The van der Waals surface area contributed by atoms with E-state index in [-0.39, 0.29) is 11.9 Å². The second kappa shape index (κ2) is 8.15. The molecule has 0 radical (unpaired) electrons. The Morgan fingerprint density at radius 2 is 2.08 bits per heavy atom. The van der Waals surface area contributed by atoms with E-state index in [9.17, 15) is 4.79 Å². The smallest absolute Gasteiger partial charge is 0.244 e. The molecule has 0 saturated carbocycles.